The van der Waals surface area contributed by atoms with E-state index in [0.717, 1.165) is 0 Å². The van der Waals surface area contributed by atoms with Crippen molar-refractivity contribution in [3.63, 3.8) is 0 Å². The first-order valence-corrected chi connectivity index (χ1v) is 6.19. The zero-order chi connectivity index (χ0) is 12.2. The average Bonchev–Trinajstić information content (AvgIpc) is 2.95. The summed E-state index contributed by atoms with van der Waals surface area (Å²) in [6.07, 6.45) is 8.62. The first-order valence-electron chi connectivity index (χ1n) is 6.19. The third-order valence-electron chi connectivity index (χ3n) is 3.09. The van der Waals surface area contributed by atoms with Crippen molar-refractivity contribution in [3.05, 3.63) is 85.0 Å². The Bertz CT molecular complexity index is 503. The van der Waals surface area contributed by atoms with Gasteiger partial charge in [-0.2, -0.15) is 0 Å². The second-order valence-corrected chi connectivity index (χ2v) is 4.30. The molecule has 1 nitrogen and oxygen atoms in total. The quantitative estimate of drug-likeness (QED) is 0.763. The monoisotopic (exact) mass is 233 g/mol. The van der Waals surface area contributed by atoms with Gasteiger partial charge in [-0.15, -0.1) is 0 Å². The number of allylic oxidation sites excluding steroid dienone is 2. The maximum atomic E-state index is 2.33. The maximum absolute atomic E-state index is 2.33. The molecule has 0 atom stereocenters. The molecule has 0 amide bonds. The predicted molar refractivity (Wildman–Crippen MR) is 77.1 cm³/mol. The van der Waals surface area contributed by atoms with Gasteiger partial charge >= 0.3 is 0 Å². The molecule has 0 unspecified atom stereocenters. The van der Waals surface area contributed by atoms with Crippen LogP contribution in [0, 0.1) is 0 Å². The van der Waals surface area contributed by atoms with Gasteiger partial charge in [-0.1, -0.05) is 60.7 Å². The first kappa shape index (κ1) is 10.8. The highest BCUT2D eigenvalue weighted by Crippen LogP contribution is 2.29. The maximum Gasteiger partial charge on any atom is 0.0712 e. The normalized spacial score (nSPS) is 14.0. The van der Waals surface area contributed by atoms with Crippen LogP contribution >= 0.6 is 0 Å². The van der Waals surface area contributed by atoms with E-state index in [9.17, 15) is 0 Å². The minimum atomic E-state index is 0.301. The van der Waals surface area contributed by atoms with Crippen LogP contribution in [0.25, 0.3) is 0 Å². The fraction of sp³-hybridized carbons (Fsp3) is 0.0588. The number of benzene rings is 2. The Morgan fingerprint density at radius 1 is 0.611 bits per heavy atom. The van der Waals surface area contributed by atoms with Gasteiger partial charge in [0, 0.05) is 11.4 Å². The molecule has 2 aromatic rings. The molecule has 0 bridgehead atoms. The number of rotatable bonds is 3. The van der Waals surface area contributed by atoms with Crippen molar-refractivity contribution in [1.29, 1.82) is 0 Å². The van der Waals surface area contributed by atoms with Gasteiger partial charge < -0.3 is 4.90 Å². The lowest BCUT2D eigenvalue weighted by Crippen LogP contribution is -2.26. The Labute approximate surface area is 108 Å². The minimum absolute atomic E-state index is 0.301. The number of hydrogen-bond donors (Lipinski definition) is 0. The van der Waals surface area contributed by atoms with Crippen LogP contribution in [0.2, 0.25) is 0 Å². The van der Waals surface area contributed by atoms with Crippen molar-refractivity contribution in [3.8, 4) is 0 Å². The van der Waals surface area contributed by atoms with Crippen LogP contribution in [0.1, 0.15) is 0 Å². The molecule has 0 radical (unpaired) electrons. The van der Waals surface area contributed by atoms with Crippen molar-refractivity contribution in [2.24, 2.45) is 0 Å². The summed E-state index contributed by atoms with van der Waals surface area (Å²) in [4.78, 5) is 2.33. The van der Waals surface area contributed by atoms with E-state index >= 15 is 0 Å². The lowest BCUT2D eigenvalue weighted by Gasteiger charge is -2.29. The molecule has 1 heteroatoms. The van der Waals surface area contributed by atoms with E-state index in [2.05, 4.69) is 77.7 Å². The fourth-order valence-corrected chi connectivity index (χ4v) is 2.26. The SMILES string of the molecule is C1=CC(N(c2ccccc2)c2ccccc2)C=C1. The number of anilines is 2. The molecule has 18 heavy (non-hydrogen) atoms. The number of hydrogen-bond acceptors (Lipinski definition) is 1. The highest BCUT2D eigenvalue weighted by molar-refractivity contribution is 5.66. The van der Waals surface area contributed by atoms with Crippen molar-refractivity contribution < 1.29 is 0 Å². The van der Waals surface area contributed by atoms with Crippen LogP contribution in [0.3, 0.4) is 0 Å². The molecular weight excluding hydrogens is 218 g/mol. The molecule has 0 heterocycles. The van der Waals surface area contributed by atoms with Crippen LogP contribution in [0.15, 0.2) is 85.0 Å². The van der Waals surface area contributed by atoms with Gasteiger partial charge in [-0.05, 0) is 24.3 Å². The number of para-hydroxylation sites is 2. The molecule has 1 aliphatic rings. The van der Waals surface area contributed by atoms with Crippen molar-refractivity contribution in [2.45, 2.75) is 6.04 Å². The van der Waals surface area contributed by atoms with Gasteiger partial charge in [0.25, 0.3) is 0 Å². The molecule has 0 spiro atoms. The molecule has 0 saturated carbocycles. The fourth-order valence-electron chi connectivity index (χ4n) is 2.26. The Balaban J connectivity index is 2.04. The summed E-state index contributed by atoms with van der Waals surface area (Å²) in [5, 5.41) is 0. The molecular formula is C17H15N. The van der Waals surface area contributed by atoms with Crippen LogP contribution in [0.5, 0.6) is 0 Å². The summed E-state index contributed by atoms with van der Waals surface area (Å²) in [5.41, 5.74) is 2.43. The van der Waals surface area contributed by atoms with E-state index in [1.165, 1.54) is 11.4 Å². The van der Waals surface area contributed by atoms with Gasteiger partial charge in [0.1, 0.15) is 0 Å². The predicted octanol–water partition coefficient (Wildman–Crippen LogP) is 4.32. The first-order chi connectivity index (χ1) is 8.95. The Hall–Kier alpha value is -2.28. The van der Waals surface area contributed by atoms with Gasteiger partial charge in [0.15, 0.2) is 0 Å². The summed E-state index contributed by atoms with van der Waals surface area (Å²) in [7, 11) is 0. The Morgan fingerprint density at radius 3 is 1.50 bits per heavy atom. The van der Waals surface area contributed by atoms with Crippen LogP contribution in [-0.4, -0.2) is 6.04 Å². The zero-order valence-electron chi connectivity index (χ0n) is 10.1. The van der Waals surface area contributed by atoms with E-state index < -0.39 is 0 Å². The van der Waals surface area contributed by atoms with E-state index in [1.807, 2.05) is 12.1 Å². The van der Waals surface area contributed by atoms with Crippen LogP contribution in [-0.2, 0) is 0 Å². The summed E-state index contributed by atoms with van der Waals surface area (Å²) < 4.78 is 0. The smallest absolute Gasteiger partial charge is 0.0712 e. The molecule has 0 aromatic heterocycles. The second kappa shape index (κ2) is 4.92. The topological polar surface area (TPSA) is 3.24 Å². The van der Waals surface area contributed by atoms with Crippen LogP contribution < -0.4 is 4.90 Å². The highest BCUT2D eigenvalue weighted by atomic mass is 15.2. The summed E-state index contributed by atoms with van der Waals surface area (Å²) in [5.74, 6) is 0. The van der Waals surface area contributed by atoms with Gasteiger partial charge in [0.2, 0.25) is 0 Å². The molecule has 0 saturated heterocycles. The molecule has 2 aromatic carbocycles. The highest BCUT2D eigenvalue weighted by Gasteiger charge is 2.17. The van der Waals surface area contributed by atoms with Gasteiger partial charge in [0.05, 0.1) is 6.04 Å². The second-order valence-electron chi connectivity index (χ2n) is 4.30. The van der Waals surface area contributed by atoms with E-state index in [0.29, 0.717) is 6.04 Å². The van der Waals surface area contributed by atoms with Crippen molar-refractivity contribution in [1.82, 2.24) is 0 Å². The lowest BCUT2D eigenvalue weighted by atomic mass is 10.1. The average molecular weight is 233 g/mol. The largest absolute Gasteiger partial charge is 0.331 e. The standard InChI is InChI=1S/C17H15N/c1-3-9-15(10-4-1)18(17-13-7-8-14-17)16-11-5-2-6-12-16/h1-14,17H. The lowest BCUT2D eigenvalue weighted by molar-refractivity contribution is 0.955. The van der Waals surface area contributed by atoms with Gasteiger partial charge in [-0.3, -0.25) is 0 Å². The number of nitrogens with zero attached hydrogens (tertiary/aromatic N) is 1. The van der Waals surface area contributed by atoms with Crippen LogP contribution in [0.4, 0.5) is 11.4 Å². The molecule has 88 valence electrons. The molecule has 0 fully saturated rings. The third kappa shape index (κ3) is 2.07. The minimum Gasteiger partial charge on any atom is -0.331 e. The Kier molecular flexibility index (Phi) is 2.97. The summed E-state index contributed by atoms with van der Waals surface area (Å²) in [6.45, 7) is 0. The summed E-state index contributed by atoms with van der Waals surface area (Å²) >= 11 is 0. The summed E-state index contributed by atoms with van der Waals surface area (Å²) in [6, 6.07) is 21.3. The molecule has 0 N–H and O–H groups in total. The van der Waals surface area contributed by atoms with Gasteiger partial charge in [-0.25, -0.2) is 0 Å². The van der Waals surface area contributed by atoms with E-state index in [-0.39, 0.29) is 0 Å². The van der Waals surface area contributed by atoms with E-state index in [1.54, 1.807) is 0 Å². The zero-order valence-corrected chi connectivity index (χ0v) is 10.1. The third-order valence-corrected chi connectivity index (χ3v) is 3.09. The molecule has 0 aliphatic heterocycles. The molecule has 3 rings (SSSR count). The molecule has 1 aliphatic carbocycles. The van der Waals surface area contributed by atoms with Crippen molar-refractivity contribution in [2.75, 3.05) is 4.90 Å². The van der Waals surface area contributed by atoms with Crippen molar-refractivity contribution >= 4 is 11.4 Å². The van der Waals surface area contributed by atoms with E-state index in [4.69, 9.17) is 0 Å². The Morgan fingerprint density at radius 2 is 1.06 bits per heavy atom.